The van der Waals surface area contributed by atoms with Crippen LogP contribution in [0, 0.1) is 13.8 Å². The molecular weight excluding hydrogens is 475 g/mol. The van der Waals surface area contributed by atoms with Crippen molar-refractivity contribution in [2.75, 3.05) is 4.90 Å². The van der Waals surface area contributed by atoms with Crippen LogP contribution < -0.4 is 15.0 Å². The first-order valence-electron chi connectivity index (χ1n) is 10.4. The molecule has 0 radical (unpaired) electrons. The van der Waals surface area contributed by atoms with Crippen LogP contribution >= 0.6 is 23.2 Å². The summed E-state index contributed by atoms with van der Waals surface area (Å²) in [5, 5.41) is 2.64. The van der Waals surface area contributed by atoms with Gasteiger partial charge >= 0.3 is 6.03 Å². The number of urea groups is 1. The van der Waals surface area contributed by atoms with Gasteiger partial charge in [-0.05, 0) is 49.8 Å². The zero-order chi connectivity index (χ0) is 24.4. The minimum absolute atomic E-state index is 0.173. The van der Waals surface area contributed by atoms with Crippen LogP contribution in [-0.4, -0.2) is 17.8 Å². The van der Waals surface area contributed by atoms with E-state index in [4.69, 9.17) is 27.9 Å². The quantitative estimate of drug-likeness (QED) is 0.356. The molecular formula is C26H20Cl2N2O4. The lowest BCUT2D eigenvalue weighted by atomic mass is 10.1. The Morgan fingerprint density at radius 3 is 2.32 bits per heavy atom. The van der Waals surface area contributed by atoms with E-state index in [2.05, 4.69) is 11.4 Å². The lowest BCUT2D eigenvalue weighted by Crippen LogP contribution is -2.54. The van der Waals surface area contributed by atoms with Crippen LogP contribution in [0.25, 0.3) is 6.08 Å². The number of carbonyl (C=O) groups excluding carboxylic acids is 3. The Morgan fingerprint density at radius 2 is 1.62 bits per heavy atom. The summed E-state index contributed by atoms with van der Waals surface area (Å²) in [7, 11) is 0. The molecule has 0 unspecified atom stereocenters. The second-order valence-corrected chi connectivity index (χ2v) is 8.69. The van der Waals surface area contributed by atoms with Crippen molar-refractivity contribution < 1.29 is 19.1 Å². The molecule has 6 nitrogen and oxygen atoms in total. The first-order chi connectivity index (χ1) is 16.2. The monoisotopic (exact) mass is 494 g/mol. The minimum Gasteiger partial charge on any atom is -0.488 e. The van der Waals surface area contributed by atoms with Crippen molar-refractivity contribution in [2.45, 2.75) is 20.5 Å². The number of nitrogens with zero attached hydrogens (tertiary/aromatic N) is 1. The molecule has 0 saturated carbocycles. The molecule has 172 valence electrons. The molecule has 0 atom stereocenters. The van der Waals surface area contributed by atoms with Crippen molar-refractivity contribution in [1.82, 2.24) is 5.32 Å². The van der Waals surface area contributed by atoms with Crippen molar-refractivity contribution in [3.05, 3.63) is 98.5 Å². The van der Waals surface area contributed by atoms with Crippen LogP contribution in [-0.2, 0) is 16.2 Å². The Kier molecular flexibility index (Phi) is 6.72. The summed E-state index contributed by atoms with van der Waals surface area (Å²) in [6, 6.07) is 16.6. The summed E-state index contributed by atoms with van der Waals surface area (Å²) in [6.45, 7) is 4.35. The third-order valence-electron chi connectivity index (χ3n) is 5.16. The van der Waals surface area contributed by atoms with Crippen LogP contribution in [0.15, 0.2) is 66.2 Å². The maximum Gasteiger partial charge on any atom is 0.335 e. The van der Waals surface area contributed by atoms with E-state index in [-0.39, 0.29) is 21.3 Å². The largest absolute Gasteiger partial charge is 0.488 e. The molecule has 0 bridgehead atoms. The summed E-state index contributed by atoms with van der Waals surface area (Å²) < 4.78 is 6.01. The Balaban J connectivity index is 1.65. The number of ether oxygens (including phenoxy) is 1. The van der Waals surface area contributed by atoms with Gasteiger partial charge in [0.25, 0.3) is 11.8 Å². The second-order valence-electron chi connectivity index (χ2n) is 7.88. The zero-order valence-electron chi connectivity index (χ0n) is 18.4. The number of barbiturate groups is 1. The summed E-state index contributed by atoms with van der Waals surface area (Å²) in [5.41, 5.74) is 3.76. The zero-order valence-corrected chi connectivity index (χ0v) is 19.9. The lowest BCUT2D eigenvalue weighted by Gasteiger charge is -2.26. The summed E-state index contributed by atoms with van der Waals surface area (Å²) in [5.74, 6) is -1.08. The fourth-order valence-electron chi connectivity index (χ4n) is 3.72. The first kappa shape index (κ1) is 23.5. The topological polar surface area (TPSA) is 75.7 Å². The molecule has 1 N–H and O–H groups in total. The lowest BCUT2D eigenvalue weighted by molar-refractivity contribution is -0.122. The van der Waals surface area contributed by atoms with E-state index in [9.17, 15) is 14.4 Å². The van der Waals surface area contributed by atoms with Gasteiger partial charge in [0.1, 0.15) is 17.9 Å². The number of nitrogens with one attached hydrogen (secondary N) is 1. The normalized spacial score (nSPS) is 15.0. The summed E-state index contributed by atoms with van der Waals surface area (Å²) in [6.07, 6.45) is 1.41. The Labute approximate surface area is 206 Å². The van der Waals surface area contributed by atoms with Crippen LogP contribution in [0.1, 0.15) is 22.3 Å². The molecule has 1 saturated heterocycles. The van der Waals surface area contributed by atoms with Gasteiger partial charge in [0, 0.05) is 5.56 Å². The van der Waals surface area contributed by atoms with Crippen molar-refractivity contribution in [3.63, 3.8) is 0 Å². The highest BCUT2D eigenvalue weighted by molar-refractivity contribution is 6.43. The van der Waals surface area contributed by atoms with Crippen LogP contribution in [0.2, 0.25) is 10.0 Å². The number of aryl methyl sites for hydroxylation is 2. The fraction of sp³-hybridized carbons (Fsp3) is 0.115. The molecule has 0 spiro atoms. The molecule has 0 aromatic heterocycles. The van der Waals surface area contributed by atoms with Gasteiger partial charge in [-0.2, -0.15) is 0 Å². The van der Waals surface area contributed by atoms with Gasteiger partial charge in [-0.25, -0.2) is 9.69 Å². The van der Waals surface area contributed by atoms with Gasteiger partial charge in [0.2, 0.25) is 0 Å². The Bertz CT molecular complexity index is 1330. The highest BCUT2D eigenvalue weighted by atomic mass is 35.5. The molecule has 1 aliphatic rings. The van der Waals surface area contributed by atoms with E-state index in [1.165, 1.54) is 24.3 Å². The number of rotatable bonds is 5. The number of hydrogen-bond donors (Lipinski definition) is 1. The molecule has 3 aromatic carbocycles. The molecule has 4 rings (SSSR count). The molecule has 1 aliphatic heterocycles. The van der Waals surface area contributed by atoms with Crippen LogP contribution in [0.3, 0.4) is 0 Å². The molecule has 1 heterocycles. The van der Waals surface area contributed by atoms with Gasteiger partial charge in [-0.1, -0.05) is 70.7 Å². The van der Waals surface area contributed by atoms with E-state index in [0.29, 0.717) is 17.9 Å². The van der Waals surface area contributed by atoms with Gasteiger partial charge in [0.05, 0.1) is 15.7 Å². The first-order valence-corrected chi connectivity index (χ1v) is 11.1. The predicted octanol–water partition coefficient (Wildman–Crippen LogP) is 5.86. The number of hydrogen-bond acceptors (Lipinski definition) is 4. The second kappa shape index (κ2) is 9.71. The standard InChI is InChI=1S/C26H20Cl2N2O4/c1-15-9-16(2)11-17(10-15)14-34-23-6-4-3-5-18(23)12-20-24(31)29-26(33)30(25(20)32)19-7-8-21(27)22(28)13-19/h3-13H,14H2,1-2H3,(H,29,31,33)/b20-12+. The van der Waals surface area contributed by atoms with Crippen molar-refractivity contribution >= 4 is 52.8 Å². The van der Waals surface area contributed by atoms with Crippen LogP contribution in [0.5, 0.6) is 5.75 Å². The number of para-hydroxylation sites is 1. The Morgan fingerprint density at radius 1 is 0.912 bits per heavy atom. The molecule has 3 aromatic rings. The van der Waals surface area contributed by atoms with E-state index in [1.54, 1.807) is 24.3 Å². The molecule has 34 heavy (non-hydrogen) atoms. The van der Waals surface area contributed by atoms with Gasteiger partial charge in [-0.3, -0.25) is 14.9 Å². The van der Waals surface area contributed by atoms with E-state index in [1.807, 2.05) is 26.0 Å². The average molecular weight is 495 g/mol. The van der Waals surface area contributed by atoms with E-state index in [0.717, 1.165) is 21.6 Å². The van der Waals surface area contributed by atoms with E-state index < -0.39 is 17.8 Å². The number of carbonyl (C=O) groups is 3. The summed E-state index contributed by atoms with van der Waals surface area (Å²) in [4.78, 5) is 39.0. The average Bonchev–Trinajstić information content (AvgIpc) is 2.77. The number of benzene rings is 3. The third-order valence-corrected chi connectivity index (χ3v) is 5.90. The minimum atomic E-state index is -0.870. The SMILES string of the molecule is Cc1cc(C)cc(COc2ccccc2/C=C2\C(=O)NC(=O)N(c3ccc(Cl)c(Cl)c3)C2=O)c1. The molecule has 4 amide bonds. The number of imide groups is 2. The number of anilines is 1. The molecule has 1 fully saturated rings. The highest BCUT2D eigenvalue weighted by Crippen LogP contribution is 2.30. The van der Waals surface area contributed by atoms with Crippen molar-refractivity contribution in [2.24, 2.45) is 0 Å². The van der Waals surface area contributed by atoms with Gasteiger partial charge in [0.15, 0.2) is 0 Å². The van der Waals surface area contributed by atoms with Crippen molar-refractivity contribution in [1.29, 1.82) is 0 Å². The summed E-state index contributed by atoms with van der Waals surface area (Å²) >= 11 is 12.0. The predicted molar refractivity (Wildman–Crippen MR) is 132 cm³/mol. The van der Waals surface area contributed by atoms with Gasteiger partial charge < -0.3 is 4.74 Å². The van der Waals surface area contributed by atoms with Crippen LogP contribution in [0.4, 0.5) is 10.5 Å². The third kappa shape index (κ3) is 4.98. The molecule has 8 heteroatoms. The number of halogens is 2. The Hall–Kier alpha value is -3.61. The van der Waals surface area contributed by atoms with E-state index >= 15 is 0 Å². The smallest absolute Gasteiger partial charge is 0.335 e. The highest BCUT2D eigenvalue weighted by Gasteiger charge is 2.37. The molecule has 0 aliphatic carbocycles. The van der Waals surface area contributed by atoms with Crippen molar-refractivity contribution in [3.8, 4) is 5.75 Å². The fourth-order valence-corrected chi connectivity index (χ4v) is 4.01. The maximum absolute atomic E-state index is 13.2. The van der Waals surface area contributed by atoms with Gasteiger partial charge in [-0.15, -0.1) is 0 Å². The number of amides is 4. The maximum atomic E-state index is 13.2.